The largest absolute Gasteiger partial charge is 0.394 e. The van der Waals surface area contributed by atoms with E-state index in [9.17, 15) is 9.90 Å². The second-order valence-electron chi connectivity index (χ2n) is 8.00. The third-order valence-electron chi connectivity index (χ3n) is 6.21. The number of nitrogens with one attached hydrogen (secondary N) is 2. The summed E-state index contributed by atoms with van der Waals surface area (Å²) in [5.41, 5.74) is 7.22. The lowest BCUT2D eigenvalue weighted by molar-refractivity contribution is 0.0291. The molecule has 1 aromatic carbocycles. The molecule has 3 heterocycles. The first kappa shape index (κ1) is 19.5. The molecule has 1 fully saturated rings. The number of likely N-dealkylation sites (tertiary alicyclic amines) is 1. The van der Waals surface area contributed by atoms with Crippen molar-refractivity contribution in [3.05, 3.63) is 57.9 Å². The molecule has 0 bridgehead atoms. The van der Waals surface area contributed by atoms with E-state index in [1.165, 1.54) is 16.7 Å². The highest BCUT2D eigenvalue weighted by Gasteiger charge is 2.33. The van der Waals surface area contributed by atoms with Crippen LogP contribution in [0.3, 0.4) is 0 Å². The van der Waals surface area contributed by atoms with Crippen molar-refractivity contribution >= 4 is 22.6 Å². The number of hydrogen-bond acceptors (Lipinski definition) is 4. The number of anilines is 1. The van der Waals surface area contributed by atoms with E-state index in [0.29, 0.717) is 24.6 Å². The second kappa shape index (κ2) is 7.52. The number of nitrogens with zero attached hydrogens (tertiary/aromatic N) is 2. The quantitative estimate of drug-likeness (QED) is 0.619. The molecule has 1 aliphatic rings. The van der Waals surface area contributed by atoms with Crippen molar-refractivity contribution in [3.8, 4) is 0 Å². The van der Waals surface area contributed by atoms with Crippen molar-refractivity contribution in [1.82, 2.24) is 14.9 Å². The number of fused-ring (bicyclic) bond motifs is 1. The predicted octanol–water partition coefficient (Wildman–Crippen LogP) is 3.62. The number of aromatic amines is 1. The molecule has 2 aromatic heterocycles. The molecule has 0 unspecified atom stereocenters. The van der Waals surface area contributed by atoms with E-state index in [2.05, 4.69) is 54.3 Å². The summed E-state index contributed by atoms with van der Waals surface area (Å²) in [6.07, 6.45) is 0.838. The van der Waals surface area contributed by atoms with Crippen LogP contribution < -0.4 is 5.32 Å². The smallest absolute Gasteiger partial charge is 0.272 e. The number of carbonyl (C=O) groups excluding carboxylic acids is 1. The molecule has 3 aromatic rings. The first-order valence-corrected chi connectivity index (χ1v) is 10.1. The number of carbonyl (C=O) groups is 1. The molecule has 6 nitrogen and oxygen atoms in total. The zero-order chi connectivity index (χ0) is 20.7. The van der Waals surface area contributed by atoms with Gasteiger partial charge in [0.2, 0.25) is 0 Å². The summed E-state index contributed by atoms with van der Waals surface area (Å²) in [4.78, 5) is 22.8. The SMILES string of the molecule is Cc1cccc(C)c1CNc1nc(C(=O)N2CC[C@@H]2CO)cc2c(C)c(C)[nH]c12. The van der Waals surface area contributed by atoms with E-state index in [-0.39, 0.29) is 18.6 Å². The van der Waals surface area contributed by atoms with Gasteiger partial charge < -0.3 is 20.3 Å². The van der Waals surface area contributed by atoms with Crippen molar-refractivity contribution in [1.29, 1.82) is 0 Å². The van der Waals surface area contributed by atoms with Gasteiger partial charge in [-0.05, 0) is 62.4 Å². The minimum atomic E-state index is -0.120. The van der Waals surface area contributed by atoms with E-state index >= 15 is 0 Å². The van der Waals surface area contributed by atoms with Crippen LogP contribution in [0.2, 0.25) is 0 Å². The Labute approximate surface area is 171 Å². The number of hydrogen-bond donors (Lipinski definition) is 3. The Morgan fingerprint density at radius 1 is 1.28 bits per heavy atom. The molecule has 3 N–H and O–H groups in total. The number of aryl methyl sites for hydroxylation is 4. The third-order valence-corrected chi connectivity index (χ3v) is 6.21. The lowest BCUT2D eigenvalue weighted by Gasteiger charge is -2.39. The van der Waals surface area contributed by atoms with Crippen LogP contribution in [0.4, 0.5) is 5.82 Å². The zero-order valence-corrected chi connectivity index (χ0v) is 17.5. The van der Waals surface area contributed by atoms with Gasteiger partial charge in [-0.3, -0.25) is 4.79 Å². The van der Waals surface area contributed by atoms with Gasteiger partial charge in [-0.2, -0.15) is 0 Å². The summed E-state index contributed by atoms with van der Waals surface area (Å²) in [6.45, 7) is 9.59. The summed E-state index contributed by atoms with van der Waals surface area (Å²) >= 11 is 0. The van der Waals surface area contributed by atoms with Crippen LogP contribution in [0, 0.1) is 27.7 Å². The number of aliphatic hydroxyl groups is 1. The first-order chi connectivity index (χ1) is 13.9. The average Bonchev–Trinajstić information content (AvgIpc) is 2.95. The van der Waals surface area contributed by atoms with Gasteiger partial charge >= 0.3 is 0 Å². The molecule has 0 radical (unpaired) electrons. The van der Waals surface area contributed by atoms with Crippen molar-refractivity contribution in [2.24, 2.45) is 0 Å². The van der Waals surface area contributed by atoms with Crippen molar-refractivity contribution in [3.63, 3.8) is 0 Å². The van der Waals surface area contributed by atoms with Crippen LogP contribution in [0.1, 0.15) is 44.9 Å². The number of H-pyrrole nitrogens is 1. The van der Waals surface area contributed by atoms with Crippen LogP contribution in [-0.2, 0) is 6.54 Å². The summed E-state index contributed by atoms with van der Waals surface area (Å²) in [6, 6.07) is 8.05. The molecule has 1 amide bonds. The first-order valence-electron chi connectivity index (χ1n) is 10.1. The Hall–Kier alpha value is -2.86. The highest BCUT2D eigenvalue weighted by molar-refractivity contribution is 6.01. The number of amides is 1. The van der Waals surface area contributed by atoms with Gasteiger partial charge in [0.1, 0.15) is 5.69 Å². The fourth-order valence-corrected chi connectivity index (χ4v) is 4.03. The number of pyridine rings is 1. The van der Waals surface area contributed by atoms with Gasteiger partial charge in [-0.15, -0.1) is 0 Å². The van der Waals surface area contributed by atoms with Crippen LogP contribution in [0.15, 0.2) is 24.3 Å². The van der Waals surface area contributed by atoms with E-state index in [1.807, 2.05) is 13.0 Å². The van der Waals surface area contributed by atoms with Gasteiger partial charge in [0, 0.05) is 24.2 Å². The monoisotopic (exact) mass is 392 g/mol. The summed E-state index contributed by atoms with van der Waals surface area (Å²) in [5.74, 6) is 0.566. The van der Waals surface area contributed by atoms with Gasteiger partial charge in [-0.25, -0.2) is 4.98 Å². The lowest BCUT2D eigenvalue weighted by Crippen LogP contribution is -2.53. The number of benzene rings is 1. The molecule has 0 aliphatic carbocycles. The van der Waals surface area contributed by atoms with Gasteiger partial charge in [-0.1, -0.05) is 18.2 Å². The highest BCUT2D eigenvalue weighted by atomic mass is 16.3. The van der Waals surface area contributed by atoms with Crippen LogP contribution in [0.25, 0.3) is 10.9 Å². The Morgan fingerprint density at radius 3 is 2.62 bits per heavy atom. The molecule has 152 valence electrons. The number of rotatable bonds is 5. The van der Waals surface area contributed by atoms with E-state index in [1.54, 1.807) is 4.90 Å². The Morgan fingerprint density at radius 2 is 2.00 bits per heavy atom. The summed E-state index contributed by atoms with van der Waals surface area (Å²) in [7, 11) is 0. The summed E-state index contributed by atoms with van der Waals surface area (Å²) < 4.78 is 0. The fourth-order valence-electron chi connectivity index (χ4n) is 4.03. The molecule has 1 aliphatic heterocycles. The molecule has 6 heteroatoms. The normalized spacial score (nSPS) is 16.2. The van der Waals surface area contributed by atoms with Gasteiger partial charge in [0.05, 0.1) is 18.2 Å². The molecule has 29 heavy (non-hydrogen) atoms. The molecule has 0 spiro atoms. The maximum Gasteiger partial charge on any atom is 0.272 e. The summed E-state index contributed by atoms with van der Waals surface area (Å²) in [5, 5.41) is 13.9. The molecule has 0 saturated carbocycles. The minimum absolute atomic E-state index is 0.00601. The third kappa shape index (κ3) is 3.38. The Kier molecular flexibility index (Phi) is 5.04. The van der Waals surface area contributed by atoms with Gasteiger partial charge in [0.25, 0.3) is 5.91 Å². The number of aliphatic hydroxyl groups excluding tert-OH is 1. The van der Waals surface area contributed by atoms with Gasteiger partial charge in [0.15, 0.2) is 5.82 Å². The van der Waals surface area contributed by atoms with Crippen LogP contribution >= 0.6 is 0 Å². The van der Waals surface area contributed by atoms with Crippen LogP contribution in [-0.4, -0.2) is 45.1 Å². The van der Waals surface area contributed by atoms with Crippen LogP contribution in [0.5, 0.6) is 0 Å². The highest BCUT2D eigenvalue weighted by Crippen LogP contribution is 2.29. The van der Waals surface area contributed by atoms with E-state index in [0.717, 1.165) is 28.6 Å². The Balaban J connectivity index is 1.72. The topological polar surface area (TPSA) is 81.2 Å². The van der Waals surface area contributed by atoms with Crippen molar-refractivity contribution in [2.45, 2.75) is 46.7 Å². The zero-order valence-electron chi connectivity index (χ0n) is 17.5. The standard InChI is InChI=1S/C23H28N4O2/c1-13-6-5-7-14(2)19(13)11-24-22-21-18(15(3)16(4)25-21)10-20(26-22)23(29)27-9-8-17(27)12-28/h5-7,10,17,25,28H,8-9,11-12H2,1-4H3,(H,24,26)/t17-/m1/s1. The van der Waals surface area contributed by atoms with Crippen molar-refractivity contribution in [2.75, 3.05) is 18.5 Å². The van der Waals surface area contributed by atoms with E-state index in [4.69, 9.17) is 0 Å². The minimum Gasteiger partial charge on any atom is -0.394 e. The lowest BCUT2D eigenvalue weighted by atomic mass is 10.0. The Bertz CT molecular complexity index is 1060. The maximum atomic E-state index is 13.0. The fraction of sp³-hybridized carbons (Fsp3) is 0.391. The molecular weight excluding hydrogens is 364 g/mol. The molecular formula is C23H28N4O2. The molecule has 1 atom stereocenters. The predicted molar refractivity (Wildman–Crippen MR) is 115 cm³/mol. The average molecular weight is 393 g/mol. The maximum absolute atomic E-state index is 13.0. The van der Waals surface area contributed by atoms with E-state index < -0.39 is 0 Å². The number of aromatic nitrogens is 2. The second-order valence-corrected chi connectivity index (χ2v) is 8.00. The molecule has 4 rings (SSSR count). The molecule has 1 saturated heterocycles. The van der Waals surface area contributed by atoms with Crippen molar-refractivity contribution < 1.29 is 9.90 Å².